The number of benzene rings is 1. The Hall–Kier alpha value is -1.88. The van der Waals surface area contributed by atoms with Crippen molar-refractivity contribution in [2.24, 2.45) is 0 Å². The summed E-state index contributed by atoms with van der Waals surface area (Å²) in [6, 6.07) is 4.89. The fraction of sp³-hybridized carbons (Fsp3) is 0.154. The summed E-state index contributed by atoms with van der Waals surface area (Å²) >= 11 is 0. The second-order valence-corrected chi connectivity index (χ2v) is 3.76. The third-order valence-corrected chi connectivity index (χ3v) is 2.62. The summed E-state index contributed by atoms with van der Waals surface area (Å²) in [5.74, 6) is -1.76. The molecule has 1 unspecified atom stereocenters. The smallest absolute Gasteiger partial charge is 0.146 e. The van der Waals surface area contributed by atoms with E-state index < -0.39 is 23.5 Å². The van der Waals surface area contributed by atoms with Crippen LogP contribution in [0.2, 0.25) is 0 Å². The molecule has 5 heteroatoms. The van der Waals surface area contributed by atoms with Crippen LogP contribution in [0.5, 0.6) is 0 Å². The van der Waals surface area contributed by atoms with Crippen LogP contribution in [-0.4, -0.2) is 12.0 Å². The molecule has 0 fully saturated rings. The first-order valence-electron chi connectivity index (χ1n) is 5.36. The Morgan fingerprint density at radius 3 is 2.56 bits per heavy atom. The van der Waals surface area contributed by atoms with Gasteiger partial charge in [0.25, 0.3) is 0 Å². The molecule has 0 radical (unpaired) electrons. The standard InChI is InChI=1S/C13H11F3N2/c1-17-12(13-11(16)3-2-6-18-13)9-7-8(14)4-5-10(9)15/h2-7,12,17H,1H3. The Bertz CT molecular complexity index is 558. The molecule has 0 aliphatic rings. The molecule has 0 spiro atoms. The van der Waals surface area contributed by atoms with Crippen LogP contribution in [0.25, 0.3) is 0 Å². The van der Waals surface area contributed by atoms with Crippen LogP contribution < -0.4 is 5.32 Å². The van der Waals surface area contributed by atoms with Gasteiger partial charge in [0.2, 0.25) is 0 Å². The van der Waals surface area contributed by atoms with Crippen molar-refractivity contribution >= 4 is 0 Å². The lowest BCUT2D eigenvalue weighted by Crippen LogP contribution is -2.21. The first-order valence-corrected chi connectivity index (χ1v) is 5.36. The first-order chi connectivity index (χ1) is 8.63. The fourth-order valence-electron chi connectivity index (χ4n) is 1.79. The minimum absolute atomic E-state index is 0.0232. The van der Waals surface area contributed by atoms with Crippen LogP contribution in [0.3, 0.4) is 0 Å². The van der Waals surface area contributed by atoms with E-state index >= 15 is 0 Å². The topological polar surface area (TPSA) is 24.9 Å². The van der Waals surface area contributed by atoms with E-state index in [2.05, 4.69) is 10.3 Å². The van der Waals surface area contributed by atoms with E-state index in [1.807, 2.05) is 0 Å². The highest BCUT2D eigenvalue weighted by Crippen LogP contribution is 2.25. The third kappa shape index (κ3) is 2.36. The normalized spacial score (nSPS) is 12.4. The molecule has 0 aliphatic carbocycles. The van der Waals surface area contributed by atoms with Gasteiger partial charge in [0, 0.05) is 11.8 Å². The maximum atomic E-state index is 13.7. The van der Waals surface area contributed by atoms with Crippen LogP contribution in [0, 0.1) is 17.5 Å². The largest absolute Gasteiger partial charge is 0.308 e. The zero-order valence-corrected chi connectivity index (χ0v) is 9.62. The molecule has 94 valence electrons. The highest BCUT2D eigenvalue weighted by molar-refractivity contribution is 5.30. The molecule has 0 saturated heterocycles. The predicted octanol–water partition coefficient (Wildman–Crippen LogP) is 2.81. The van der Waals surface area contributed by atoms with Crippen LogP contribution in [0.4, 0.5) is 13.2 Å². The zero-order valence-electron chi connectivity index (χ0n) is 9.62. The molecule has 0 aliphatic heterocycles. The summed E-state index contributed by atoms with van der Waals surface area (Å²) in [5, 5.41) is 2.73. The number of halogens is 3. The molecule has 18 heavy (non-hydrogen) atoms. The Kier molecular flexibility index (Phi) is 3.62. The van der Waals surface area contributed by atoms with Gasteiger partial charge < -0.3 is 5.32 Å². The number of pyridine rings is 1. The van der Waals surface area contributed by atoms with Crippen molar-refractivity contribution in [3.8, 4) is 0 Å². The Morgan fingerprint density at radius 2 is 1.89 bits per heavy atom. The van der Waals surface area contributed by atoms with Gasteiger partial charge in [-0.2, -0.15) is 0 Å². The number of hydrogen-bond acceptors (Lipinski definition) is 2. The average Bonchev–Trinajstić information content (AvgIpc) is 2.36. The minimum Gasteiger partial charge on any atom is -0.308 e. The molecule has 1 N–H and O–H groups in total. The van der Waals surface area contributed by atoms with Gasteiger partial charge in [-0.3, -0.25) is 4.98 Å². The summed E-state index contributed by atoms with van der Waals surface area (Å²) in [5.41, 5.74) is 0.0552. The summed E-state index contributed by atoms with van der Waals surface area (Å²) in [4.78, 5) is 3.87. The van der Waals surface area contributed by atoms with Gasteiger partial charge in [0.15, 0.2) is 0 Å². The van der Waals surface area contributed by atoms with Gasteiger partial charge in [0.1, 0.15) is 17.5 Å². The maximum absolute atomic E-state index is 13.7. The van der Waals surface area contributed by atoms with Gasteiger partial charge in [-0.15, -0.1) is 0 Å². The molecule has 2 nitrogen and oxygen atoms in total. The molecule has 0 bridgehead atoms. The van der Waals surface area contributed by atoms with Crippen molar-refractivity contribution in [2.45, 2.75) is 6.04 Å². The Labute approximate surface area is 102 Å². The van der Waals surface area contributed by atoms with E-state index in [-0.39, 0.29) is 11.3 Å². The molecule has 0 amide bonds. The molecule has 2 rings (SSSR count). The minimum atomic E-state index is -0.832. The highest BCUT2D eigenvalue weighted by Gasteiger charge is 2.21. The summed E-state index contributed by atoms with van der Waals surface area (Å²) < 4.78 is 40.4. The number of aromatic nitrogens is 1. The predicted molar refractivity (Wildman–Crippen MR) is 61.5 cm³/mol. The molecule has 2 aromatic rings. The number of nitrogens with one attached hydrogen (secondary N) is 1. The van der Waals surface area contributed by atoms with Crippen molar-refractivity contribution < 1.29 is 13.2 Å². The van der Waals surface area contributed by atoms with Crippen molar-refractivity contribution in [2.75, 3.05) is 7.05 Å². The SMILES string of the molecule is CNC(c1cc(F)ccc1F)c1ncccc1F. The van der Waals surface area contributed by atoms with Gasteiger partial charge in [-0.25, -0.2) is 13.2 Å². The summed E-state index contributed by atoms with van der Waals surface area (Å²) in [7, 11) is 1.53. The van der Waals surface area contributed by atoms with E-state index in [0.29, 0.717) is 0 Å². The van der Waals surface area contributed by atoms with Crippen LogP contribution >= 0.6 is 0 Å². The van der Waals surface area contributed by atoms with E-state index in [1.54, 1.807) is 0 Å². The molecular weight excluding hydrogens is 241 g/mol. The molecule has 1 heterocycles. The average molecular weight is 252 g/mol. The second-order valence-electron chi connectivity index (χ2n) is 3.76. The Balaban J connectivity index is 2.52. The third-order valence-electron chi connectivity index (χ3n) is 2.62. The summed E-state index contributed by atoms with van der Waals surface area (Å²) in [6.07, 6.45) is 1.40. The first kappa shape index (κ1) is 12.6. The molecule has 0 saturated carbocycles. The lowest BCUT2D eigenvalue weighted by atomic mass is 10.0. The van der Waals surface area contributed by atoms with Crippen molar-refractivity contribution in [1.29, 1.82) is 0 Å². The van der Waals surface area contributed by atoms with Gasteiger partial charge >= 0.3 is 0 Å². The molecule has 1 aromatic heterocycles. The number of hydrogen-bond donors (Lipinski definition) is 1. The lowest BCUT2D eigenvalue weighted by Gasteiger charge is -2.17. The fourth-order valence-corrected chi connectivity index (χ4v) is 1.79. The lowest BCUT2D eigenvalue weighted by molar-refractivity contribution is 0.526. The van der Waals surface area contributed by atoms with Crippen LogP contribution in [0.1, 0.15) is 17.3 Å². The number of rotatable bonds is 3. The van der Waals surface area contributed by atoms with Crippen LogP contribution in [0.15, 0.2) is 36.5 Å². The molecule has 1 atom stereocenters. The van der Waals surface area contributed by atoms with E-state index in [9.17, 15) is 13.2 Å². The second kappa shape index (κ2) is 5.18. The number of nitrogens with zero attached hydrogens (tertiary/aromatic N) is 1. The van der Waals surface area contributed by atoms with E-state index in [4.69, 9.17) is 0 Å². The van der Waals surface area contributed by atoms with E-state index in [0.717, 1.165) is 18.2 Å². The van der Waals surface area contributed by atoms with Crippen molar-refractivity contribution in [3.63, 3.8) is 0 Å². The van der Waals surface area contributed by atoms with Gasteiger partial charge in [0.05, 0.1) is 11.7 Å². The quantitative estimate of drug-likeness (QED) is 0.908. The monoisotopic (exact) mass is 252 g/mol. The molecular formula is C13H11F3N2. The van der Waals surface area contributed by atoms with Crippen LogP contribution in [-0.2, 0) is 0 Å². The van der Waals surface area contributed by atoms with E-state index in [1.165, 1.54) is 25.4 Å². The van der Waals surface area contributed by atoms with Gasteiger partial charge in [-0.05, 0) is 37.4 Å². The zero-order chi connectivity index (χ0) is 13.1. The van der Waals surface area contributed by atoms with Crippen molar-refractivity contribution in [3.05, 3.63) is 65.2 Å². The highest BCUT2D eigenvalue weighted by atomic mass is 19.1. The molecule has 1 aromatic carbocycles. The Morgan fingerprint density at radius 1 is 1.11 bits per heavy atom. The summed E-state index contributed by atoms with van der Waals surface area (Å²) in [6.45, 7) is 0. The van der Waals surface area contributed by atoms with Crippen molar-refractivity contribution in [1.82, 2.24) is 10.3 Å². The maximum Gasteiger partial charge on any atom is 0.146 e. The van der Waals surface area contributed by atoms with Gasteiger partial charge in [-0.1, -0.05) is 0 Å².